The lowest BCUT2D eigenvalue weighted by atomic mass is 9.58. The van der Waals surface area contributed by atoms with Gasteiger partial charge in [0, 0.05) is 17.4 Å². The van der Waals surface area contributed by atoms with Crippen molar-refractivity contribution in [2.24, 2.45) is 33.7 Å². The molecule has 14 atom stereocenters. The van der Waals surface area contributed by atoms with Crippen molar-refractivity contribution in [1.82, 2.24) is 5.32 Å². The predicted octanol–water partition coefficient (Wildman–Crippen LogP) is 11.5. The van der Waals surface area contributed by atoms with Gasteiger partial charge in [-0.3, -0.25) is 0 Å². The number of rotatable bonds is 7. The molecule has 4 aliphatic heterocycles. The maximum absolute atomic E-state index is 10.7. The molecule has 3 N–H and O–H groups in total. The molecule has 0 unspecified atom stereocenters. The van der Waals surface area contributed by atoms with E-state index in [9.17, 15) is 10.2 Å². The number of fused-ring (bicyclic) bond motifs is 2. The van der Waals surface area contributed by atoms with Gasteiger partial charge in [0.2, 0.25) is 0 Å². The van der Waals surface area contributed by atoms with E-state index < -0.39 is 34.4 Å². The summed E-state index contributed by atoms with van der Waals surface area (Å²) in [5, 5.41) is 28.9. The second kappa shape index (κ2) is 15.5. The molecule has 0 radical (unpaired) electrons. The summed E-state index contributed by atoms with van der Waals surface area (Å²) in [4.78, 5) is 2.99. The summed E-state index contributed by atoms with van der Waals surface area (Å²) >= 11 is 0. The van der Waals surface area contributed by atoms with Crippen LogP contribution in [0, 0.1) is 28.6 Å². The zero-order valence-corrected chi connectivity index (χ0v) is 43.9. The van der Waals surface area contributed by atoms with Crippen molar-refractivity contribution < 1.29 is 28.5 Å². The number of aliphatic hydroxyl groups is 2. The van der Waals surface area contributed by atoms with E-state index >= 15 is 0 Å². The van der Waals surface area contributed by atoms with Gasteiger partial charge in [0.25, 0.3) is 0 Å². The Balaban J connectivity index is 0.000000162. The molecule has 6 aliphatic carbocycles. The van der Waals surface area contributed by atoms with Crippen LogP contribution < -0.4 is 5.32 Å². The maximum atomic E-state index is 10.7. The van der Waals surface area contributed by atoms with E-state index in [1.54, 1.807) is 0 Å². The Morgan fingerprint density at radius 2 is 1.17 bits per heavy atom. The summed E-state index contributed by atoms with van der Waals surface area (Å²) in [7, 11) is -1.69. The lowest BCUT2D eigenvalue weighted by Gasteiger charge is -2.56. The van der Waals surface area contributed by atoms with E-state index in [2.05, 4.69) is 115 Å². The Bertz CT molecular complexity index is 2070. The minimum Gasteiger partial charge on any atom is -0.413 e. The van der Waals surface area contributed by atoms with Crippen molar-refractivity contribution in [2.75, 3.05) is 13.6 Å². The fourth-order valence-corrected chi connectivity index (χ4v) is 17.9. The van der Waals surface area contributed by atoms with Gasteiger partial charge in [-0.25, -0.2) is 0 Å². The van der Waals surface area contributed by atoms with Crippen LogP contribution in [0.15, 0.2) is 51.7 Å². The van der Waals surface area contributed by atoms with Crippen LogP contribution >= 0.6 is 0 Å². The fourth-order valence-electron chi connectivity index (χ4n) is 15.0. The Hall–Kier alpha value is -1.58. The summed E-state index contributed by atoms with van der Waals surface area (Å²) < 4.78 is 28.6. The number of aliphatic hydroxyl groups excluding tert-OH is 2. The minimum atomic E-state index is -1.86. The van der Waals surface area contributed by atoms with Gasteiger partial charge in [-0.1, -0.05) is 72.7 Å². The topological polar surface area (TPSA) is 138 Å². The lowest BCUT2D eigenvalue weighted by molar-refractivity contribution is -0.155. The van der Waals surface area contributed by atoms with Gasteiger partial charge in [-0.15, -0.1) is 0 Å². The highest BCUT2D eigenvalue weighted by molar-refractivity contribution is 6.74. The summed E-state index contributed by atoms with van der Waals surface area (Å²) in [5.74, 6) is 1.22. The molecule has 0 aromatic rings. The van der Waals surface area contributed by atoms with Crippen molar-refractivity contribution in [3.63, 3.8) is 0 Å². The lowest BCUT2D eigenvalue weighted by Crippen LogP contribution is -2.57. The zero-order valence-electron chi connectivity index (χ0n) is 41.9. The first-order valence-electron chi connectivity index (χ1n) is 25.4. The number of hydrogen-bond donors (Lipinski definition) is 3. The monoisotopic (exact) mass is 917 g/mol. The molecule has 0 aromatic carbocycles. The molecule has 0 aromatic heterocycles. The van der Waals surface area contributed by atoms with Gasteiger partial charge in [0.1, 0.15) is 0 Å². The first-order chi connectivity index (χ1) is 29.7. The minimum absolute atomic E-state index is 0.109. The third-order valence-corrected chi connectivity index (χ3v) is 29.7. The number of nitrogens with zero attached hydrogens (tertiary/aromatic N) is 3. The smallest absolute Gasteiger partial charge is 0.192 e. The fraction of sp³-hybridized carbons (Fsp3) is 0.846. The van der Waals surface area contributed by atoms with Crippen LogP contribution in [0.1, 0.15) is 145 Å². The van der Waals surface area contributed by atoms with Gasteiger partial charge in [-0.05, 0) is 196 Å². The molecule has 356 valence electrons. The van der Waals surface area contributed by atoms with Gasteiger partial charge < -0.3 is 33.9 Å². The highest BCUT2D eigenvalue weighted by Crippen LogP contribution is 2.70. The number of ether oxygens (including phenoxy) is 2. The second-order valence-electron chi connectivity index (χ2n) is 26.0. The molecule has 6 fully saturated rings. The van der Waals surface area contributed by atoms with E-state index in [1.165, 1.54) is 36.0 Å². The number of nitrogens with one attached hydrogen (secondary N) is 1. The van der Waals surface area contributed by atoms with Crippen molar-refractivity contribution >= 4 is 16.6 Å². The van der Waals surface area contributed by atoms with Crippen LogP contribution in [0.5, 0.6) is 0 Å². The van der Waals surface area contributed by atoms with Gasteiger partial charge in [0.05, 0.1) is 52.9 Å². The first kappa shape index (κ1) is 47.5. The Morgan fingerprint density at radius 3 is 1.61 bits per heavy atom. The van der Waals surface area contributed by atoms with Gasteiger partial charge in [0.15, 0.2) is 16.6 Å². The largest absolute Gasteiger partial charge is 0.413 e. The second-order valence-corrected chi connectivity index (χ2v) is 35.6. The molecule has 4 saturated carbocycles. The third kappa shape index (κ3) is 7.01. The van der Waals surface area contributed by atoms with Crippen molar-refractivity contribution in [2.45, 2.75) is 234 Å². The van der Waals surface area contributed by atoms with Crippen molar-refractivity contribution in [3.8, 4) is 0 Å². The van der Waals surface area contributed by atoms with Crippen LogP contribution in [0.2, 0.25) is 36.3 Å². The van der Waals surface area contributed by atoms with E-state index in [-0.39, 0.29) is 49.7 Å². The molecule has 0 amide bonds. The quantitative estimate of drug-likeness (QED) is 0.100. The van der Waals surface area contributed by atoms with E-state index in [0.717, 1.165) is 76.3 Å². The Morgan fingerprint density at radius 1 is 0.719 bits per heavy atom. The number of azide groups is 1. The molecule has 4 heterocycles. The van der Waals surface area contributed by atoms with E-state index in [4.69, 9.17) is 23.9 Å². The summed E-state index contributed by atoms with van der Waals surface area (Å²) in [6, 6.07) is -0.456. The summed E-state index contributed by atoms with van der Waals surface area (Å²) in [6.45, 7) is 29.4. The number of hydrogen-bond acceptors (Lipinski definition) is 8. The summed E-state index contributed by atoms with van der Waals surface area (Å²) in [6.07, 6.45) is 23.1. The highest BCUT2D eigenvalue weighted by atomic mass is 28.4. The normalized spacial score (nSPS) is 45.4. The molecular weight excluding hydrogens is 833 g/mol. The van der Waals surface area contributed by atoms with Crippen LogP contribution in [0.4, 0.5) is 0 Å². The standard InChI is InChI=1S/C27H45NO3Si.C25H39N3O3Si/c1-24(2,3)32(6,7)30-23-9-8-22-25(23,4)11-10-19-14-20-15-21(29)18(17-28-5)16-26(20)12-13-27(19,22)31-26;1-22(2,3)32(5,6)30-21-8-7-20-23(21,4)10-9-16-13-17-14-19(29)18(27-28-26)15-24(17)11-12-25(16,20)31-24/h14-15,18,21-23,28-29H,8-13,16-17H2,1-7H3;13-14,18-21,29H,7-12,15H2,1-6H3/t18-,21+,22-,23+,25+,26-,27-;18-,19-,20+,21-,23-,24+,25+/m10/s1. The molecule has 10 rings (SSSR count). The first-order valence-corrected chi connectivity index (χ1v) is 31.2. The molecule has 64 heavy (non-hydrogen) atoms. The van der Waals surface area contributed by atoms with Crippen LogP contribution in [0.3, 0.4) is 0 Å². The Kier molecular flexibility index (Phi) is 11.5. The molecule has 10 aliphatic rings. The molecule has 10 nitrogen and oxygen atoms in total. The van der Waals surface area contributed by atoms with E-state index in [0.29, 0.717) is 30.5 Å². The average Bonchev–Trinajstić information content (AvgIpc) is 3.91. The molecule has 2 saturated heterocycles. The average molecular weight is 917 g/mol. The highest BCUT2D eigenvalue weighted by Gasteiger charge is 2.70. The van der Waals surface area contributed by atoms with Crippen molar-refractivity contribution in [3.05, 3.63) is 57.0 Å². The van der Waals surface area contributed by atoms with Crippen molar-refractivity contribution in [1.29, 1.82) is 0 Å². The SMILES string of the molecule is CC(C)(C)[Si](C)(C)O[C@H]1CC[C@@H]2[C@]1(C)CCC1=CC3=C[C@H](O)[C@@H](N=[N+]=[N-])C[C@]34CC[C@@]12O4.CNC[C@H]1C[C@@]23CC[C@@]4(O2)C(=CC3=C[C@@H]1O)CC[C@]1(C)[C@@H](O[Si](C)(C)C(C)(C)C)CC[C@H]14. The zero-order chi connectivity index (χ0) is 46.3. The van der Waals surface area contributed by atoms with Crippen LogP contribution in [-0.2, 0) is 18.3 Å². The summed E-state index contributed by atoms with van der Waals surface area (Å²) in [5.41, 5.74) is 13.6. The van der Waals surface area contributed by atoms with Gasteiger partial charge >= 0.3 is 0 Å². The molecule has 4 bridgehead atoms. The third-order valence-electron chi connectivity index (χ3n) is 20.7. The Labute approximate surface area is 387 Å². The molecule has 12 heteroatoms. The predicted molar refractivity (Wildman–Crippen MR) is 260 cm³/mol. The van der Waals surface area contributed by atoms with Crippen LogP contribution in [0.25, 0.3) is 10.4 Å². The maximum Gasteiger partial charge on any atom is 0.192 e. The van der Waals surface area contributed by atoms with Gasteiger partial charge in [-0.2, -0.15) is 0 Å². The van der Waals surface area contributed by atoms with Crippen LogP contribution in [-0.4, -0.2) is 93.3 Å². The van der Waals surface area contributed by atoms with E-state index in [1.807, 2.05) is 13.1 Å². The molecular formula is C52H84N4O6Si2. The molecule has 4 spiro atoms.